The second-order valence-electron chi connectivity index (χ2n) is 5.04. The highest BCUT2D eigenvalue weighted by atomic mass is 35.5. The molecular weight excluding hydrogens is 373 g/mol. The Kier molecular flexibility index (Phi) is 6.10. The van der Waals surface area contributed by atoms with Crippen LogP contribution in [0.3, 0.4) is 0 Å². The van der Waals surface area contributed by atoms with Gasteiger partial charge >= 0.3 is 5.97 Å². The molecule has 0 heterocycles. The summed E-state index contributed by atoms with van der Waals surface area (Å²) in [7, 11) is -3.66. The van der Waals surface area contributed by atoms with E-state index in [1.165, 1.54) is 6.07 Å². The number of hydrogen-bond donors (Lipinski definition) is 0. The standard InChI is InChI=1S/C16H15Cl2NO4S/c1-24(21,22)19(15-4-2-3-14(18)9-15)10-16(20)23-11-12-5-7-13(17)8-6-12/h2-9H,10-11H2,1H3. The van der Waals surface area contributed by atoms with E-state index >= 15 is 0 Å². The lowest BCUT2D eigenvalue weighted by atomic mass is 10.2. The van der Waals surface area contributed by atoms with Gasteiger partial charge in [-0.2, -0.15) is 0 Å². The lowest BCUT2D eigenvalue weighted by molar-refractivity contribution is -0.143. The fraction of sp³-hybridized carbons (Fsp3) is 0.188. The Morgan fingerprint density at radius 1 is 1.08 bits per heavy atom. The first-order valence-electron chi connectivity index (χ1n) is 6.89. The van der Waals surface area contributed by atoms with Gasteiger partial charge in [0.15, 0.2) is 0 Å². The highest BCUT2D eigenvalue weighted by Gasteiger charge is 2.21. The maximum Gasteiger partial charge on any atom is 0.327 e. The summed E-state index contributed by atoms with van der Waals surface area (Å²) in [5, 5.41) is 0.949. The Balaban J connectivity index is 2.06. The van der Waals surface area contributed by atoms with Crippen LogP contribution in [0.1, 0.15) is 5.56 Å². The summed E-state index contributed by atoms with van der Waals surface area (Å²) in [6.45, 7) is -0.407. The molecule has 0 saturated heterocycles. The Labute approximate surface area is 150 Å². The number of rotatable bonds is 6. The van der Waals surface area contributed by atoms with Crippen LogP contribution in [0.4, 0.5) is 5.69 Å². The molecule has 0 atom stereocenters. The van der Waals surface area contributed by atoms with E-state index in [1.807, 2.05) is 0 Å². The molecule has 128 valence electrons. The minimum Gasteiger partial charge on any atom is -0.459 e. The second kappa shape index (κ2) is 7.88. The predicted molar refractivity (Wildman–Crippen MR) is 94.9 cm³/mol. The van der Waals surface area contributed by atoms with Crippen LogP contribution in [0.5, 0.6) is 0 Å². The summed E-state index contributed by atoms with van der Waals surface area (Å²) in [5.41, 5.74) is 1.05. The maximum absolute atomic E-state index is 12.0. The van der Waals surface area contributed by atoms with Crippen molar-refractivity contribution in [3.63, 3.8) is 0 Å². The molecule has 0 N–H and O–H groups in total. The highest BCUT2D eigenvalue weighted by molar-refractivity contribution is 7.92. The third-order valence-electron chi connectivity index (χ3n) is 3.08. The minimum absolute atomic E-state index is 0.0309. The SMILES string of the molecule is CS(=O)(=O)N(CC(=O)OCc1ccc(Cl)cc1)c1cccc(Cl)c1. The Morgan fingerprint density at radius 2 is 1.75 bits per heavy atom. The molecule has 0 bridgehead atoms. The Bertz CT molecular complexity index is 822. The Hall–Kier alpha value is -1.76. The number of halogens is 2. The van der Waals surface area contributed by atoms with Crippen LogP contribution >= 0.6 is 23.2 Å². The number of ether oxygens (including phenoxy) is 1. The van der Waals surface area contributed by atoms with Gasteiger partial charge in [-0.25, -0.2) is 8.42 Å². The molecule has 0 radical (unpaired) electrons. The van der Waals surface area contributed by atoms with E-state index in [2.05, 4.69) is 0 Å². The fourth-order valence-electron chi connectivity index (χ4n) is 1.94. The van der Waals surface area contributed by atoms with Gasteiger partial charge in [0.1, 0.15) is 13.2 Å². The van der Waals surface area contributed by atoms with Crippen LogP contribution in [-0.4, -0.2) is 27.2 Å². The summed E-state index contributed by atoms with van der Waals surface area (Å²) in [5.74, 6) is -0.671. The lowest BCUT2D eigenvalue weighted by Gasteiger charge is -2.21. The number of esters is 1. The average Bonchev–Trinajstić information content (AvgIpc) is 2.51. The predicted octanol–water partition coefficient (Wildman–Crippen LogP) is 3.50. The molecule has 0 fully saturated rings. The van der Waals surface area contributed by atoms with E-state index in [4.69, 9.17) is 27.9 Å². The molecule has 0 spiro atoms. The molecule has 0 aromatic heterocycles. The van der Waals surface area contributed by atoms with Gasteiger partial charge in [-0.15, -0.1) is 0 Å². The van der Waals surface area contributed by atoms with Gasteiger partial charge in [0.2, 0.25) is 10.0 Å². The van der Waals surface area contributed by atoms with E-state index in [1.54, 1.807) is 42.5 Å². The smallest absolute Gasteiger partial charge is 0.327 e. The minimum atomic E-state index is -3.66. The van der Waals surface area contributed by atoms with Gasteiger partial charge in [0, 0.05) is 10.0 Å². The van der Waals surface area contributed by atoms with E-state index in [9.17, 15) is 13.2 Å². The molecule has 2 aromatic carbocycles. The van der Waals surface area contributed by atoms with Crippen LogP contribution in [0.25, 0.3) is 0 Å². The molecule has 2 rings (SSSR count). The van der Waals surface area contributed by atoms with Crippen LogP contribution in [0.2, 0.25) is 10.0 Å². The van der Waals surface area contributed by atoms with Crippen LogP contribution in [0, 0.1) is 0 Å². The largest absolute Gasteiger partial charge is 0.459 e. The number of anilines is 1. The molecular formula is C16H15Cl2NO4S. The summed E-state index contributed by atoms with van der Waals surface area (Å²) < 4.78 is 30.0. The zero-order chi connectivity index (χ0) is 17.7. The first-order valence-corrected chi connectivity index (χ1v) is 9.49. The molecule has 8 heteroatoms. The van der Waals surface area contributed by atoms with Crippen molar-refractivity contribution in [3.05, 3.63) is 64.1 Å². The van der Waals surface area contributed by atoms with Crippen molar-refractivity contribution in [2.45, 2.75) is 6.61 Å². The molecule has 0 aliphatic rings. The second-order valence-corrected chi connectivity index (χ2v) is 7.82. The fourth-order valence-corrected chi connectivity index (χ4v) is 3.09. The topological polar surface area (TPSA) is 63.7 Å². The van der Waals surface area contributed by atoms with Crippen molar-refractivity contribution in [2.75, 3.05) is 17.1 Å². The van der Waals surface area contributed by atoms with Crippen molar-refractivity contribution >= 4 is 44.9 Å². The zero-order valence-electron chi connectivity index (χ0n) is 12.8. The number of benzene rings is 2. The van der Waals surface area contributed by atoms with E-state index < -0.39 is 22.5 Å². The maximum atomic E-state index is 12.0. The van der Waals surface area contributed by atoms with Gasteiger partial charge in [-0.1, -0.05) is 41.4 Å². The van der Waals surface area contributed by atoms with E-state index in [0.29, 0.717) is 15.7 Å². The van der Waals surface area contributed by atoms with Crippen molar-refractivity contribution in [1.29, 1.82) is 0 Å². The highest BCUT2D eigenvalue weighted by Crippen LogP contribution is 2.21. The van der Waals surface area contributed by atoms with Crippen LogP contribution in [-0.2, 0) is 26.2 Å². The van der Waals surface area contributed by atoms with E-state index in [0.717, 1.165) is 16.1 Å². The number of sulfonamides is 1. The number of nitrogens with zero attached hydrogens (tertiary/aromatic N) is 1. The molecule has 0 aliphatic carbocycles. The average molecular weight is 388 g/mol. The number of carbonyl (C=O) groups is 1. The zero-order valence-corrected chi connectivity index (χ0v) is 15.1. The van der Waals surface area contributed by atoms with Crippen molar-refractivity contribution in [1.82, 2.24) is 0 Å². The quantitative estimate of drug-likeness (QED) is 0.711. The van der Waals surface area contributed by atoms with Gasteiger partial charge < -0.3 is 4.74 Å². The lowest BCUT2D eigenvalue weighted by Crippen LogP contribution is -2.35. The van der Waals surface area contributed by atoms with Crippen molar-refractivity contribution in [2.24, 2.45) is 0 Å². The van der Waals surface area contributed by atoms with Crippen molar-refractivity contribution < 1.29 is 17.9 Å². The van der Waals surface area contributed by atoms with Crippen LogP contribution in [0.15, 0.2) is 48.5 Å². The molecule has 0 aliphatic heterocycles. The first kappa shape index (κ1) is 18.6. The molecule has 2 aromatic rings. The van der Waals surface area contributed by atoms with Gasteiger partial charge in [-0.3, -0.25) is 9.10 Å². The normalized spacial score (nSPS) is 11.1. The van der Waals surface area contributed by atoms with Gasteiger partial charge in [0.05, 0.1) is 11.9 Å². The molecule has 24 heavy (non-hydrogen) atoms. The van der Waals surface area contributed by atoms with Crippen LogP contribution < -0.4 is 4.31 Å². The van der Waals surface area contributed by atoms with Gasteiger partial charge in [0.25, 0.3) is 0 Å². The van der Waals surface area contributed by atoms with Gasteiger partial charge in [-0.05, 0) is 35.9 Å². The summed E-state index contributed by atoms with van der Waals surface area (Å²) in [4.78, 5) is 12.0. The molecule has 0 saturated carbocycles. The van der Waals surface area contributed by atoms with E-state index in [-0.39, 0.29) is 6.61 Å². The van der Waals surface area contributed by atoms with Crippen molar-refractivity contribution in [3.8, 4) is 0 Å². The molecule has 0 unspecified atom stereocenters. The Morgan fingerprint density at radius 3 is 2.33 bits per heavy atom. The summed E-state index contributed by atoms with van der Waals surface area (Å²) >= 11 is 11.7. The number of carbonyl (C=O) groups excluding carboxylic acids is 1. The monoisotopic (exact) mass is 387 g/mol. The third kappa shape index (κ3) is 5.40. The first-order chi connectivity index (χ1) is 11.3. The molecule has 5 nitrogen and oxygen atoms in total. The summed E-state index contributed by atoms with van der Waals surface area (Å²) in [6.07, 6.45) is 1.01. The summed E-state index contributed by atoms with van der Waals surface area (Å²) in [6, 6.07) is 13.1. The number of hydrogen-bond acceptors (Lipinski definition) is 4. The molecule has 0 amide bonds. The third-order valence-corrected chi connectivity index (χ3v) is 4.71.